The van der Waals surface area contributed by atoms with Gasteiger partial charge in [0.05, 0.1) is 19.0 Å². The van der Waals surface area contributed by atoms with Gasteiger partial charge in [0, 0.05) is 32.1 Å². The van der Waals surface area contributed by atoms with Crippen LogP contribution in [0, 0.1) is 17.8 Å². The Kier molecular flexibility index (Phi) is 50.3. The number of nitrogens with zero attached hydrogens (tertiary/aromatic N) is 1. The van der Waals surface area contributed by atoms with Crippen LogP contribution in [-0.2, 0) is 14.3 Å². The van der Waals surface area contributed by atoms with E-state index in [1.54, 1.807) is 0 Å². The Morgan fingerprint density at radius 1 is 0.379 bits per heavy atom. The zero-order chi connectivity index (χ0) is 48.4. The molecule has 3 atom stereocenters. The summed E-state index contributed by atoms with van der Waals surface area (Å²) in [6, 6.07) is 0. The fourth-order valence-corrected chi connectivity index (χ4v) is 10.0. The van der Waals surface area contributed by atoms with Crippen LogP contribution in [0.3, 0.4) is 0 Å². The predicted octanol–water partition coefficient (Wildman–Crippen LogP) is 21.0. The first kappa shape index (κ1) is 64.5. The fraction of sp³-hybridized carbons (Fsp3) is 0.919. The molecule has 66 heavy (non-hydrogen) atoms. The highest BCUT2D eigenvalue weighted by atomic mass is 16.5. The molecule has 0 spiro atoms. The predicted molar refractivity (Wildman–Crippen MR) is 294 cm³/mol. The van der Waals surface area contributed by atoms with E-state index in [2.05, 4.69) is 53.1 Å². The maximum atomic E-state index is 12.8. The molecule has 0 aromatic rings. The molecule has 0 aromatic carbocycles. The fourth-order valence-electron chi connectivity index (χ4n) is 10.0. The SMILES string of the molecule is C=C(CCCCCCCC(CCCCCCCC(=O)OCC(CCCCCC)CCCCCCCC)C(=C)N(C)CCCCCCCCC)OCC(CCCCCC)CCCCCCCC. The second kappa shape index (κ2) is 51.4. The third-order valence-corrected chi connectivity index (χ3v) is 14.9. The van der Waals surface area contributed by atoms with Crippen LogP contribution in [0.15, 0.2) is 24.6 Å². The highest BCUT2D eigenvalue weighted by molar-refractivity contribution is 5.69. The molecule has 0 bridgehead atoms. The molecule has 0 rings (SSSR count). The summed E-state index contributed by atoms with van der Waals surface area (Å²) in [5.74, 6) is 2.88. The van der Waals surface area contributed by atoms with E-state index in [0.717, 1.165) is 38.2 Å². The molecule has 0 fully saturated rings. The molecule has 0 radical (unpaired) electrons. The van der Waals surface area contributed by atoms with Crippen molar-refractivity contribution < 1.29 is 14.3 Å². The topological polar surface area (TPSA) is 38.8 Å². The van der Waals surface area contributed by atoms with Gasteiger partial charge in [-0.15, -0.1) is 0 Å². The van der Waals surface area contributed by atoms with Crippen LogP contribution in [0.2, 0.25) is 0 Å². The van der Waals surface area contributed by atoms with Crippen molar-refractivity contribution in [2.75, 3.05) is 26.8 Å². The molecule has 0 saturated heterocycles. The average Bonchev–Trinajstić information content (AvgIpc) is 3.32. The molecular formula is C62H121NO3. The van der Waals surface area contributed by atoms with Gasteiger partial charge in [0.2, 0.25) is 0 Å². The van der Waals surface area contributed by atoms with Crippen molar-refractivity contribution in [2.24, 2.45) is 17.8 Å². The Morgan fingerprint density at radius 3 is 1.09 bits per heavy atom. The van der Waals surface area contributed by atoms with Gasteiger partial charge in [-0.3, -0.25) is 4.79 Å². The Labute approximate surface area is 416 Å². The zero-order valence-electron chi connectivity index (χ0n) is 46.3. The van der Waals surface area contributed by atoms with Crippen LogP contribution >= 0.6 is 0 Å². The summed E-state index contributed by atoms with van der Waals surface area (Å²) in [7, 11) is 2.30. The van der Waals surface area contributed by atoms with Crippen LogP contribution in [0.4, 0.5) is 0 Å². The van der Waals surface area contributed by atoms with E-state index in [-0.39, 0.29) is 5.97 Å². The molecule has 0 saturated carbocycles. The van der Waals surface area contributed by atoms with E-state index in [1.165, 1.54) is 269 Å². The molecule has 392 valence electrons. The lowest BCUT2D eigenvalue weighted by Crippen LogP contribution is -2.24. The zero-order valence-corrected chi connectivity index (χ0v) is 46.3. The number of hydrogen-bond donors (Lipinski definition) is 0. The van der Waals surface area contributed by atoms with Gasteiger partial charge in [-0.05, 0) is 75.5 Å². The van der Waals surface area contributed by atoms with Crippen LogP contribution in [-0.4, -0.2) is 37.7 Å². The highest BCUT2D eigenvalue weighted by Gasteiger charge is 2.17. The Balaban J connectivity index is 4.73. The summed E-state index contributed by atoms with van der Waals surface area (Å²) in [5, 5.41) is 0. The number of ether oxygens (including phenoxy) is 2. The van der Waals surface area contributed by atoms with Crippen LogP contribution < -0.4 is 0 Å². The van der Waals surface area contributed by atoms with Crippen molar-refractivity contribution in [3.8, 4) is 0 Å². The lowest BCUT2D eigenvalue weighted by molar-refractivity contribution is -0.145. The first-order valence-corrected chi connectivity index (χ1v) is 30.2. The molecular weight excluding hydrogens is 807 g/mol. The van der Waals surface area contributed by atoms with Gasteiger partial charge in [0.15, 0.2) is 0 Å². The van der Waals surface area contributed by atoms with Crippen LogP contribution in [0.5, 0.6) is 0 Å². The summed E-state index contributed by atoms with van der Waals surface area (Å²) < 4.78 is 12.2. The second-order valence-electron chi connectivity index (χ2n) is 21.4. The number of rotatable bonds is 55. The lowest BCUT2D eigenvalue weighted by atomic mass is 9.91. The molecule has 4 nitrogen and oxygen atoms in total. The molecule has 0 aromatic heterocycles. The molecule has 0 aliphatic carbocycles. The molecule has 0 aliphatic heterocycles. The van der Waals surface area contributed by atoms with E-state index in [0.29, 0.717) is 30.8 Å². The number of carbonyl (C=O) groups excluding carboxylic acids is 1. The van der Waals surface area contributed by atoms with E-state index < -0.39 is 0 Å². The molecule has 0 heterocycles. The second-order valence-corrected chi connectivity index (χ2v) is 21.4. The minimum Gasteiger partial charge on any atom is -0.498 e. The molecule has 4 heteroatoms. The number of unbranched alkanes of at least 4 members (excludes halogenated alkanes) is 30. The summed E-state index contributed by atoms with van der Waals surface area (Å²) in [5.41, 5.74) is 1.37. The number of hydrogen-bond acceptors (Lipinski definition) is 4. The Bertz CT molecular complexity index is 963. The molecule has 3 unspecified atom stereocenters. The number of carbonyl (C=O) groups is 1. The third kappa shape index (κ3) is 43.8. The van der Waals surface area contributed by atoms with Gasteiger partial charge in [-0.2, -0.15) is 0 Å². The quantitative estimate of drug-likeness (QED) is 0.0346. The minimum absolute atomic E-state index is 0.0332. The van der Waals surface area contributed by atoms with Crippen molar-refractivity contribution >= 4 is 5.97 Å². The van der Waals surface area contributed by atoms with Gasteiger partial charge in [0.1, 0.15) is 0 Å². The average molecular weight is 929 g/mol. The number of allylic oxidation sites excluding steroid dienone is 2. The maximum Gasteiger partial charge on any atom is 0.305 e. The van der Waals surface area contributed by atoms with Crippen molar-refractivity contribution in [1.29, 1.82) is 0 Å². The van der Waals surface area contributed by atoms with E-state index >= 15 is 0 Å². The first-order chi connectivity index (χ1) is 32.3. The lowest BCUT2D eigenvalue weighted by Gasteiger charge is -2.29. The first-order valence-electron chi connectivity index (χ1n) is 30.2. The monoisotopic (exact) mass is 928 g/mol. The van der Waals surface area contributed by atoms with E-state index in [9.17, 15) is 4.79 Å². The molecule has 0 amide bonds. The standard InChI is InChI=1S/C62H121NO3/c1-9-14-19-24-27-36-45-54-63(8)58(7)61(51-42-33-28-30-37-46-57(6)65-55-59(47-38-22-17-12-4)49-40-31-25-20-15-10-2)52-43-34-29-35-44-53-62(64)66-56-60(48-39-23-18-13-5)50-41-32-26-21-16-11-3/h59-61H,6-7,9-56H2,1-5,8H3. The Morgan fingerprint density at radius 2 is 0.682 bits per heavy atom. The third-order valence-electron chi connectivity index (χ3n) is 14.9. The van der Waals surface area contributed by atoms with Gasteiger partial charge >= 0.3 is 5.97 Å². The van der Waals surface area contributed by atoms with E-state index in [4.69, 9.17) is 16.1 Å². The van der Waals surface area contributed by atoms with E-state index in [1.807, 2.05) is 0 Å². The summed E-state index contributed by atoms with van der Waals surface area (Å²) in [6.45, 7) is 23.2. The van der Waals surface area contributed by atoms with Crippen molar-refractivity contribution in [1.82, 2.24) is 4.90 Å². The summed E-state index contributed by atoms with van der Waals surface area (Å²) in [4.78, 5) is 15.3. The van der Waals surface area contributed by atoms with Gasteiger partial charge in [-0.1, -0.05) is 266 Å². The van der Waals surface area contributed by atoms with Gasteiger partial charge < -0.3 is 14.4 Å². The van der Waals surface area contributed by atoms with Crippen molar-refractivity contribution in [3.05, 3.63) is 24.6 Å². The smallest absolute Gasteiger partial charge is 0.305 e. The van der Waals surface area contributed by atoms with Crippen LogP contribution in [0.25, 0.3) is 0 Å². The summed E-state index contributed by atoms with van der Waals surface area (Å²) in [6.07, 6.45) is 57.8. The minimum atomic E-state index is 0.0332. The highest BCUT2D eigenvalue weighted by Crippen LogP contribution is 2.28. The normalized spacial score (nSPS) is 12.9. The van der Waals surface area contributed by atoms with Gasteiger partial charge in [0.25, 0.3) is 0 Å². The molecule has 0 N–H and O–H groups in total. The number of esters is 1. The van der Waals surface area contributed by atoms with Gasteiger partial charge in [-0.25, -0.2) is 0 Å². The molecule has 0 aliphatic rings. The van der Waals surface area contributed by atoms with Crippen molar-refractivity contribution in [3.63, 3.8) is 0 Å². The van der Waals surface area contributed by atoms with Crippen LogP contribution in [0.1, 0.15) is 324 Å². The van der Waals surface area contributed by atoms with Crippen molar-refractivity contribution in [2.45, 2.75) is 324 Å². The largest absolute Gasteiger partial charge is 0.498 e. The maximum absolute atomic E-state index is 12.8. The summed E-state index contributed by atoms with van der Waals surface area (Å²) >= 11 is 0. The Hall–Kier alpha value is -1.45.